The van der Waals surface area contributed by atoms with Gasteiger partial charge in [0.05, 0.1) is 11.7 Å². The van der Waals surface area contributed by atoms with Crippen molar-refractivity contribution in [3.63, 3.8) is 0 Å². The maximum Gasteiger partial charge on any atom is 0.114 e. The Hall–Kier alpha value is -1.26. The SMILES string of the molecule is Cc1ccc(C(NC2CC2)c2nc(C(C)C)cs2)cn1. The van der Waals surface area contributed by atoms with E-state index in [0.29, 0.717) is 12.0 Å². The van der Waals surface area contributed by atoms with E-state index in [-0.39, 0.29) is 6.04 Å². The van der Waals surface area contributed by atoms with Crippen LogP contribution in [0.25, 0.3) is 0 Å². The van der Waals surface area contributed by atoms with Crippen LogP contribution in [0.5, 0.6) is 0 Å². The van der Waals surface area contributed by atoms with E-state index in [1.165, 1.54) is 24.1 Å². The molecule has 2 aromatic rings. The van der Waals surface area contributed by atoms with Gasteiger partial charge in [-0.05, 0) is 37.3 Å². The smallest absolute Gasteiger partial charge is 0.114 e. The van der Waals surface area contributed by atoms with Crippen molar-refractivity contribution in [2.45, 2.75) is 51.6 Å². The molecule has 0 spiro atoms. The van der Waals surface area contributed by atoms with Crippen molar-refractivity contribution < 1.29 is 0 Å². The van der Waals surface area contributed by atoms with Crippen LogP contribution in [0, 0.1) is 6.92 Å². The number of hydrogen-bond donors (Lipinski definition) is 1. The molecule has 0 aromatic carbocycles. The predicted octanol–water partition coefficient (Wildman–Crippen LogP) is 3.81. The number of thiazole rings is 1. The van der Waals surface area contributed by atoms with Crippen molar-refractivity contribution in [1.82, 2.24) is 15.3 Å². The average Bonchev–Trinajstić information content (AvgIpc) is 3.11. The van der Waals surface area contributed by atoms with Crippen LogP contribution in [-0.2, 0) is 0 Å². The fraction of sp³-hybridized carbons (Fsp3) is 0.500. The first kappa shape index (κ1) is 13.7. The first-order chi connectivity index (χ1) is 9.63. The number of hydrogen-bond acceptors (Lipinski definition) is 4. The van der Waals surface area contributed by atoms with Crippen LogP contribution in [0.1, 0.15) is 60.6 Å². The molecule has 1 aliphatic rings. The highest BCUT2D eigenvalue weighted by Gasteiger charge is 2.28. The van der Waals surface area contributed by atoms with Gasteiger partial charge < -0.3 is 5.32 Å². The van der Waals surface area contributed by atoms with Crippen LogP contribution >= 0.6 is 11.3 Å². The van der Waals surface area contributed by atoms with E-state index in [9.17, 15) is 0 Å². The third kappa shape index (κ3) is 3.07. The van der Waals surface area contributed by atoms with Crippen molar-refractivity contribution in [2.24, 2.45) is 0 Å². The molecule has 1 aliphatic carbocycles. The van der Waals surface area contributed by atoms with Crippen molar-refractivity contribution in [3.05, 3.63) is 45.7 Å². The summed E-state index contributed by atoms with van der Waals surface area (Å²) < 4.78 is 0. The molecule has 2 heterocycles. The van der Waals surface area contributed by atoms with Crippen LogP contribution in [0.15, 0.2) is 23.7 Å². The highest BCUT2D eigenvalue weighted by Crippen LogP contribution is 2.31. The Morgan fingerprint density at radius 2 is 2.10 bits per heavy atom. The summed E-state index contributed by atoms with van der Waals surface area (Å²) >= 11 is 1.75. The number of nitrogens with zero attached hydrogens (tertiary/aromatic N) is 2. The standard InChI is InChI=1S/C16H21N3S/c1-10(2)14-9-20-16(19-14)15(18-13-6-7-13)12-5-4-11(3)17-8-12/h4-5,8-10,13,15,18H,6-7H2,1-3H3. The van der Waals surface area contributed by atoms with Gasteiger partial charge >= 0.3 is 0 Å². The molecule has 0 amide bonds. The van der Waals surface area contributed by atoms with E-state index in [1.54, 1.807) is 11.3 Å². The average molecular weight is 287 g/mol. The first-order valence-corrected chi connectivity index (χ1v) is 8.15. The van der Waals surface area contributed by atoms with E-state index in [1.807, 2.05) is 13.1 Å². The monoisotopic (exact) mass is 287 g/mol. The number of rotatable bonds is 5. The molecule has 0 saturated heterocycles. The second-order valence-corrected chi connectivity index (χ2v) is 6.76. The molecule has 4 heteroatoms. The number of aryl methyl sites for hydroxylation is 1. The van der Waals surface area contributed by atoms with E-state index in [2.05, 4.69) is 41.7 Å². The van der Waals surface area contributed by atoms with Crippen molar-refractivity contribution in [3.8, 4) is 0 Å². The molecule has 0 bridgehead atoms. The fourth-order valence-corrected chi connectivity index (χ4v) is 3.21. The van der Waals surface area contributed by atoms with Gasteiger partial charge in [0.2, 0.25) is 0 Å². The number of aromatic nitrogens is 2. The summed E-state index contributed by atoms with van der Waals surface area (Å²) in [5.41, 5.74) is 3.46. The lowest BCUT2D eigenvalue weighted by atomic mass is 10.1. The van der Waals surface area contributed by atoms with Gasteiger partial charge in [0.25, 0.3) is 0 Å². The largest absolute Gasteiger partial charge is 0.301 e. The Labute approximate surface area is 124 Å². The van der Waals surface area contributed by atoms with Crippen LogP contribution in [0.3, 0.4) is 0 Å². The zero-order valence-electron chi connectivity index (χ0n) is 12.3. The molecule has 1 N–H and O–H groups in total. The van der Waals surface area contributed by atoms with Gasteiger partial charge in [-0.15, -0.1) is 11.3 Å². The summed E-state index contributed by atoms with van der Waals surface area (Å²) in [6, 6.07) is 5.08. The van der Waals surface area contributed by atoms with Gasteiger partial charge in [0.15, 0.2) is 0 Å². The Morgan fingerprint density at radius 1 is 1.30 bits per heavy atom. The molecule has 1 fully saturated rings. The summed E-state index contributed by atoms with van der Waals surface area (Å²) in [4.78, 5) is 9.25. The molecular weight excluding hydrogens is 266 g/mol. The molecule has 1 atom stereocenters. The lowest BCUT2D eigenvalue weighted by Gasteiger charge is -2.16. The number of pyridine rings is 1. The van der Waals surface area contributed by atoms with Gasteiger partial charge in [0.1, 0.15) is 5.01 Å². The minimum atomic E-state index is 0.188. The van der Waals surface area contributed by atoms with E-state index in [0.717, 1.165) is 10.7 Å². The van der Waals surface area contributed by atoms with E-state index in [4.69, 9.17) is 4.98 Å². The molecule has 106 valence electrons. The van der Waals surface area contributed by atoms with Gasteiger partial charge in [-0.2, -0.15) is 0 Å². The predicted molar refractivity (Wildman–Crippen MR) is 83.2 cm³/mol. The van der Waals surface area contributed by atoms with Crippen molar-refractivity contribution in [2.75, 3.05) is 0 Å². The first-order valence-electron chi connectivity index (χ1n) is 7.27. The summed E-state index contributed by atoms with van der Waals surface area (Å²) in [5.74, 6) is 0.484. The van der Waals surface area contributed by atoms with Crippen molar-refractivity contribution >= 4 is 11.3 Å². The Kier molecular flexibility index (Phi) is 3.85. The van der Waals surface area contributed by atoms with Crippen LogP contribution in [0.2, 0.25) is 0 Å². The van der Waals surface area contributed by atoms with Gasteiger partial charge in [0, 0.05) is 23.3 Å². The van der Waals surface area contributed by atoms with Gasteiger partial charge in [-0.1, -0.05) is 19.9 Å². The summed E-state index contributed by atoms with van der Waals surface area (Å²) in [6.45, 7) is 6.40. The summed E-state index contributed by atoms with van der Waals surface area (Å²) in [5, 5.41) is 7.05. The Morgan fingerprint density at radius 3 is 2.65 bits per heavy atom. The fourth-order valence-electron chi connectivity index (χ4n) is 2.14. The second kappa shape index (κ2) is 5.62. The minimum Gasteiger partial charge on any atom is -0.301 e. The molecule has 1 unspecified atom stereocenters. The topological polar surface area (TPSA) is 37.8 Å². The Bertz CT molecular complexity index is 570. The zero-order chi connectivity index (χ0) is 14.1. The lowest BCUT2D eigenvalue weighted by Crippen LogP contribution is -2.24. The Balaban J connectivity index is 1.89. The molecule has 1 saturated carbocycles. The maximum atomic E-state index is 4.82. The molecule has 0 radical (unpaired) electrons. The quantitative estimate of drug-likeness (QED) is 0.908. The van der Waals surface area contributed by atoms with Crippen LogP contribution in [-0.4, -0.2) is 16.0 Å². The normalized spacial score (nSPS) is 16.6. The molecule has 3 nitrogen and oxygen atoms in total. The minimum absolute atomic E-state index is 0.188. The van der Waals surface area contributed by atoms with Gasteiger partial charge in [-0.3, -0.25) is 4.98 Å². The van der Waals surface area contributed by atoms with E-state index < -0.39 is 0 Å². The van der Waals surface area contributed by atoms with E-state index >= 15 is 0 Å². The van der Waals surface area contributed by atoms with Gasteiger partial charge in [-0.25, -0.2) is 4.98 Å². The molecular formula is C16H21N3S. The number of nitrogens with one attached hydrogen (secondary N) is 1. The van der Waals surface area contributed by atoms with Crippen LogP contribution in [0.4, 0.5) is 0 Å². The zero-order valence-corrected chi connectivity index (χ0v) is 13.1. The lowest BCUT2D eigenvalue weighted by molar-refractivity contribution is 0.593. The summed E-state index contributed by atoms with van der Waals surface area (Å²) in [6.07, 6.45) is 4.53. The molecule has 2 aromatic heterocycles. The highest BCUT2D eigenvalue weighted by atomic mass is 32.1. The highest BCUT2D eigenvalue weighted by molar-refractivity contribution is 7.09. The van der Waals surface area contributed by atoms with Crippen LogP contribution < -0.4 is 5.32 Å². The molecule has 20 heavy (non-hydrogen) atoms. The molecule has 3 rings (SSSR count). The second-order valence-electron chi connectivity index (χ2n) is 5.87. The molecule has 0 aliphatic heterocycles. The van der Waals surface area contributed by atoms with Crippen molar-refractivity contribution in [1.29, 1.82) is 0 Å². The third-order valence-corrected chi connectivity index (χ3v) is 4.55. The maximum absolute atomic E-state index is 4.82. The summed E-state index contributed by atoms with van der Waals surface area (Å²) in [7, 11) is 0. The third-order valence-electron chi connectivity index (χ3n) is 3.63.